The average Bonchev–Trinajstić information content (AvgIpc) is 2.29. The van der Waals surface area contributed by atoms with Gasteiger partial charge in [0, 0.05) is 31.1 Å². The Hall–Kier alpha value is -0.260. The first kappa shape index (κ1) is 11.2. The Balaban J connectivity index is 1.88. The Morgan fingerprint density at radius 2 is 2.40 bits per heavy atom. The molecule has 2 fully saturated rings. The molecule has 2 aliphatic rings. The van der Waals surface area contributed by atoms with E-state index in [0.717, 1.165) is 37.4 Å². The zero-order chi connectivity index (χ0) is 10.7. The Morgan fingerprint density at radius 1 is 1.53 bits per heavy atom. The van der Waals surface area contributed by atoms with Gasteiger partial charge < -0.3 is 15.3 Å². The largest absolute Gasteiger partial charge is 0.391 e. The van der Waals surface area contributed by atoms with Crippen molar-refractivity contribution in [2.24, 2.45) is 0 Å². The van der Waals surface area contributed by atoms with E-state index in [1.807, 2.05) is 11.8 Å². The van der Waals surface area contributed by atoms with Gasteiger partial charge in [0.25, 0.3) is 0 Å². The van der Waals surface area contributed by atoms with Crippen molar-refractivity contribution in [2.45, 2.75) is 25.0 Å². The Bertz CT molecular complexity index is 231. The monoisotopic (exact) mass is 230 g/mol. The smallest absolute Gasteiger partial charge is 0.240 e. The van der Waals surface area contributed by atoms with Gasteiger partial charge in [0.05, 0.1) is 12.1 Å². The maximum atomic E-state index is 12.0. The van der Waals surface area contributed by atoms with E-state index in [1.54, 1.807) is 4.90 Å². The summed E-state index contributed by atoms with van der Waals surface area (Å²) < 4.78 is 0. The van der Waals surface area contributed by atoms with Crippen molar-refractivity contribution in [1.29, 1.82) is 0 Å². The first-order valence-corrected chi connectivity index (χ1v) is 6.71. The number of hydrogen-bond donors (Lipinski definition) is 2. The fourth-order valence-corrected chi connectivity index (χ4v) is 3.02. The van der Waals surface area contributed by atoms with Crippen molar-refractivity contribution in [3.05, 3.63) is 0 Å². The summed E-state index contributed by atoms with van der Waals surface area (Å²) >= 11 is 1.82. The number of carbonyl (C=O) groups excluding carboxylic acids is 1. The molecule has 2 N–H and O–H groups in total. The van der Waals surface area contributed by atoms with Crippen molar-refractivity contribution in [3.8, 4) is 0 Å². The highest BCUT2D eigenvalue weighted by atomic mass is 32.2. The van der Waals surface area contributed by atoms with Crippen LogP contribution in [0.3, 0.4) is 0 Å². The van der Waals surface area contributed by atoms with E-state index in [1.165, 1.54) is 0 Å². The minimum absolute atomic E-state index is 0.0333. The predicted molar refractivity (Wildman–Crippen MR) is 60.9 cm³/mol. The number of amides is 1. The molecule has 0 aromatic carbocycles. The molecule has 5 heteroatoms. The fraction of sp³-hybridized carbons (Fsp3) is 0.900. The summed E-state index contributed by atoms with van der Waals surface area (Å²) in [7, 11) is 0. The highest BCUT2D eigenvalue weighted by Gasteiger charge is 2.28. The van der Waals surface area contributed by atoms with Crippen molar-refractivity contribution in [3.63, 3.8) is 0 Å². The molecule has 0 bridgehead atoms. The first-order chi connectivity index (χ1) is 7.27. The number of aliphatic hydroxyl groups excluding tert-OH is 1. The van der Waals surface area contributed by atoms with Crippen LogP contribution in [0.25, 0.3) is 0 Å². The topological polar surface area (TPSA) is 52.6 Å². The van der Waals surface area contributed by atoms with Crippen molar-refractivity contribution in [1.82, 2.24) is 10.2 Å². The van der Waals surface area contributed by atoms with Gasteiger partial charge in [-0.15, -0.1) is 0 Å². The van der Waals surface area contributed by atoms with Crippen LogP contribution in [-0.2, 0) is 4.79 Å². The van der Waals surface area contributed by atoms with Gasteiger partial charge in [-0.1, -0.05) is 0 Å². The van der Waals surface area contributed by atoms with Crippen LogP contribution in [0.2, 0.25) is 0 Å². The number of carbonyl (C=O) groups is 1. The summed E-state index contributed by atoms with van der Waals surface area (Å²) in [6.07, 6.45) is 1.43. The minimum atomic E-state index is -0.320. The van der Waals surface area contributed by atoms with Crippen LogP contribution in [0.15, 0.2) is 0 Å². The molecule has 2 unspecified atom stereocenters. The second-order valence-corrected chi connectivity index (χ2v) is 5.31. The van der Waals surface area contributed by atoms with Crippen molar-refractivity contribution < 1.29 is 9.90 Å². The summed E-state index contributed by atoms with van der Waals surface area (Å²) in [5, 5.41) is 12.7. The third-order valence-electron chi connectivity index (χ3n) is 2.93. The lowest BCUT2D eigenvalue weighted by molar-refractivity contribution is -0.135. The third kappa shape index (κ3) is 2.86. The Labute approximate surface area is 94.4 Å². The maximum absolute atomic E-state index is 12.0. The molecule has 86 valence electrons. The molecule has 0 aromatic heterocycles. The summed E-state index contributed by atoms with van der Waals surface area (Å²) in [6.45, 7) is 2.23. The predicted octanol–water partition coefficient (Wildman–Crippen LogP) is -0.325. The van der Waals surface area contributed by atoms with E-state index in [9.17, 15) is 9.90 Å². The molecule has 2 heterocycles. The van der Waals surface area contributed by atoms with Crippen LogP contribution in [0.1, 0.15) is 12.8 Å². The van der Waals surface area contributed by atoms with Crippen LogP contribution in [0, 0.1) is 0 Å². The summed E-state index contributed by atoms with van der Waals surface area (Å²) in [4.78, 5) is 13.8. The zero-order valence-corrected chi connectivity index (χ0v) is 9.63. The Morgan fingerprint density at radius 3 is 3.07 bits per heavy atom. The van der Waals surface area contributed by atoms with E-state index >= 15 is 0 Å². The number of hydrogen-bond acceptors (Lipinski definition) is 4. The van der Waals surface area contributed by atoms with Gasteiger partial charge in [0.2, 0.25) is 5.91 Å². The lowest BCUT2D eigenvalue weighted by atomic mass is 10.1. The molecular formula is C10H18N2O2S. The molecule has 0 aromatic rings. The molecule has 2 atom stereocenters. The number of nitrogens with one attached hydrogen (secondary N) is 1. The zero-order valence-electron chi connectivity index (χ0n) is 8.82. The molecule has 0 radical (unpaired) electrons. The number of β-amino-alcohol motifs (C(OH)–C–C–N with tert-alkyl or cyclic N) is 1. The molecule has 2 rings (SSSR count). The lowest BCUT2D eigenvalue weighted by Gasteiger charge is -2.34. The molecule has 2 aliphatic heterocycles. The van der Waals surface area contributed by atoms with Crippen LogP contribution < -0.4 is 5.32 Å². The van der Waals surface area contributed by atoms with E-state index in [4.69, 9.17) is 0 Å². The molecule has 1 amide bonds. The number of thioether (sulfide) groups is 1. The average molecular weight is 230 g/mol. The molecular weight excluding hydrogens is 212 g/mol. The number of nitrogens with zero attached hydrogens (tertiary/aromatic N) is 1. The van der Waals surface area contributed by atoms with E-state index < -0.39 is 0 Å². The van der Waals surface area contributed by atoms with Crippen molar-refractivity contribution in [2.75, 3.05) is 31.1 Å². The second-order valence-electron chi connectivity index (χ2n) is 4.16. The lowest BCUT2D eigenvalue weighted by Crippen LogP contribution is -2.53. The highest BCUT2D eigenvalue weighted by molar-refractivity contribution is 7.99. The van der Waals surface area contributed by atoms with Gasteiger partial charge in [0.15, 0.2) is 0 Å². The number of rotatable bonds is 1. The van der Waals surface area contributed by atoms with Gasteiger partial charge in [-0.3, -0.25) is 4.79 Å². The summed E-state index contributed by atoms with van der Waals surface area (Å²) in [5.74, 6) is 2.12. The number of aliphatic hydroxyl groups is 1. The first-order valence-electron chi connectivity index (χ1n) is 5.55. The standard InChI is InChI=1S/C10H18N2O2S/c13-8-2-1-4-12(6-8)10(14)9-7-15-5-3-11-9/h8-9,11,13H,1-7H2. The van der Waals surface area contributed by atoms with E-state index in [0.29, 0.717) is 6.54 Å². The van der Waals surface area contributed by atoms with E-state index in [2.05, 4.69) is 5.32 Å². The third-order valence-corrected chi connectivity index (χ3v) is 3.99. The number of piperidine rings is 1. The second kappa shape index (κ2) is 5.18. The van der Waals surface area contributed by atoms with E-state index in [-0.39, 0.29) is 18.1 Å². The molecule has 0 saturated carbocycles. The van der Waals surface area contributed by atoms with Crippen LogP contribution >= 0.6 is 11.8 Å². The highest BCUT2D eigenvalue weighted by Crippen LogP contribution is 2.14. The van der Waals surface area contributed by atoms with Gasteiger partial charge in [-0.2, -0.15) is 11.8 Å². The molecule has 0 spiro atoms. The Kier molecular flexibility index (Phi) is 3.88. The minimum Gasteiger partial charge on any atom is -0.391 e. The molecule has 0 aliphatic carbocycles. The van der Waals surface area contributed by atoms with Gasteiger partial charge >= 0.3 is 0 Å². The summed E-state index contributed by atoms with van der Waals surface area (Å²) in [6, 6.07) is -0.0333. The molecule has 4 nitrogen and oxygen atoms in total. The van der Waals surface area contributed by atoms with Crippen molar-refractivity contribution >= 4 is 17.7 Å². The number of likely N-dealkylation sites (tertiary alicyclic amines) is 1. The van der Waals surface area contributed by atoms with Gasteiger partial charge in [-0.25, -0.2) is 0 Å². The fourth-order valence-electron chi connectivity index (χ4n) is 2.10. The summed E-state index contributed by atoms with van der Waals surface area (Å²) in [5.41, 5.74) is 0. The quantitative estimate of drug-likeness (QED) is 0.648. The van der Waals surface area contributed by atoms with Crippen LogP contribution in [-0.4, -0.2) is 59.2 Å². The molecule has 2 saturated heterocycles. The molecule has 15 heavy (non-hydrogen) atoms. The van der Waals surface area contributed by atoms with Crippen LogP contribution in [0.5, 0.6) is 0 Å². The SMILES string of the molecule is O=C(C1CSCCN1)N1CCCC(O)C1. The van der Waals surface area contributed by atoms with Gasteiger partial charge in [-0.05, 0) is 12.8 Å². The van der Waals surface area contributed by atoms with Gasteiger partial charge in [0.1, 0.15) is 0 Å². The normalized spacial score (nSPS) is 32.7. The van der Waals surface area contributed by atoms with Crippen LogP contribution in [0.4, 0.5) is 0 Å². The maximum Gasteiger partial charge on any atom is 0.240 e.